The highest BCUT2D eigenvalue weighted by atomic mass is 16.2. The molecule has 5 nitrogen and oxygen atoms in total. The van der Waals surface area contributed by atoms with Gasteiger partial charge in [0.15, 0.2) is 0 Å². The standard InChI is InChI=1S/C15H24N4O/c1-11(2)12(3)18-15(20)13-5-4-8-19(10-13)14-9-16-6-7-17-14/h6-7,9,11-13H,4-5,8,10H2,1-3H3,(H,18,20). The summed E-state index contributed by atoms with van der Waals surface area (Å²) in [5.74, 6) is 1.53. The molecule has 20 heavy (non-hydrogen) atoms. The Labute approximate surface area is 120 Å². The van der Waals surface area contributed by atoms with E-state index in [0.29, 0.717) is 5.92 Å². The van der Waals surface area contributed by atoms with Crippen LogP contribution in [0.4, 0.5) is 5.82 Å². The molecule has 110 valence electrons. The van der Waals surface area contributed by atoms with Gasteiger partial charge in [-0.05, 0) is 25.7 Å². The molecule has 1 saturated heterocycles. The lowest BCUT2D eigenvalue weighted by atomic mass is 9.96. The lowest BCUT2D eigenvalue weighted by Crippen LogP contribution is -2.46. The molecule has 2 unspecified atom stereocenters. The predicted octanol–water partition coefficient (Wildman–Crippen LogP) is 1.85. The molecule has 1 aromatic rings. The zero-order valence-electron chi connectivity index (χ0n) is 12.5. The van der Waals surface area contributed by atoms with Crippen molar-refractivity contribution in [2.45, 2.75) is 39.7 Å². The minimum Gasteiger partial charge on any atom is -0.355 e. The van der Waals surface area contributed by atoms with Crippen molar-refractivity contribution in [3.8, 4) is 0 Å². The summed E-state index contributed by atoms with van der Waals surface area (Å²) < 4.78 is 0. The third kappa shape index (κ3) is 3.68. The molecule has 1 N–H and O–H groups in total. The van der Waals surface area contributed by atoms with Crippen molar-refractivity contribution in [3.05, 3.63) is 18.6 Å². The second-order valence-corrected chi connectivity index (χ2v) is 5.89. The predicted molar refractivity (Wildman–Crippen MR) is 79.4 cm³/mol. The van der Waals surface area contributed by atoms with Crippen LogP contribution in [0.15, 0.2) is 18.6 Å². The molecule has 1 aliphatic rings. The van der Waals surface area contributed by atoms with E-state index in [1.807, 2.05) is 0 Å². The number of amides is 1. The topological polar surface area (TPSA) is 58.1 Å². The first-order chi connectivity index (χ1) is 9.58. The smallest absolute Gasteiger partial charge is 0.225 e. The van der Waals surface area contributed by atoms with Crippen molar-refractivity contribution in [2.75, 3.05) is 18.0 Å². The largest absolute Gasteiger partial charge is 0.355 e. The second-order valence-electron chi connectivity index (χ2n) is 5.89. The Bertz CT molecular complexity index is 435. The number of hydrogen-bond donors (Lipinski definition) is 1. The van der Waals surface area contributed by atoms with Gasteiger partial charge in [-0.3, -0.25) is 9.78 Å². The second kappa shape index (κ2) is 6.68. The van der Waals surface area contributed by atoms with E-state index in [2.05, 4.69) is 41.0 Å². The van der Waals surface area contributed by atoms with Gasteiger partial charge in [0.25, 0.3) is 0 Å². The van der Waals surface area contributed by atoms with Crippen molar-refractivity contribution in [3.63, 3.8) is 0 Å². The molecule has 0 bridgehead atoms. The molecular formula is C15H24N4O. The van der Waals surface area contributed by atoms with Gasteiger partial charge in [-0.15, -0.1) is 0 Å². The van der Waals surface area contributed by atoms with Crippen molar-refractivity contribution < 1.29 is 4.79 Å². The molecule has 2 atom stereocenters. The Morgan fingerprint density at radius 2 is 2.20 bits per heavy atom. The minimum atomic E-state index is 0.0481. The molecule has 2 rings (SSSR count). The van der Waals surface area contributed by atoms with Crippen LogP contribution in [-0.2, 0) is 4.79 Å². The lowest BCUT2D eigenvalue weighted by Gasteiger charge is -2.33. The van der Waals surface area contributed by atoms with E-state index in [4.69, 9.17) is 0 Å². The van der Waals surface area contributed by atoms with Crippen molar-refractivity contribution in [1.29, 1.82) is 0 Å². The Morgan fingerprint density at radius 3 is 2.85 bits per heavy atom. The molecule has 1 fully saturated rings. The van der Waals surface area contributed by atoms with Gasteiger partial charge < -0.3 is 10.2 Å². The molecule has 0 aliphatic carbocycles. The fraction of sp³-hybridized carbons (Fsp3) is 0.667. The maximum atomic E-state index is 12.3. The molecule has 1 aromatic heterocycles. The van der Waals surface area contributed by atoms with E-state index >= 15 is 0 Å². The van der Waals surface area contributed by atoms with Gasteiger partial charge in [0.1, 0.15) is 5.82 Å². The highest BCUT2D eigenvalue weighted by Crippen LogP contribution is 2.21. The number of aromatic nitrogens is 2. The first-order valence-electron chi connectivity index (χ1n) is 7.39. The van der Waals surface area contributed by atoms with Crippen LogP contribution in [0.5, 0.6) is 0 Å². The zero-order chi connectivity index (χ0) is 14.5. The molecule has 0 saturated carbocycles. The average molecular weight is 276 g/mol. The summed E-state index contributed by atoms with van der Waals surface area (Å²) in [5, 5.41) is 3.12. The van der Waals surface area contributed by atoms with Gasteiger partial charge in [-0.2, -0.15) is 0 Å². The van der Waals surface area contributed by atoms with Crippen LogP contribution in [0, 0.1) is 11.8 Å². The number of piperidine rings is 1. The van der Waals surface area contributed by atoms with E-state index in [-0.39, 0.29) is 17.9 Å². The molecule has 2 heterocycles. The third-order valence-corrected chi connectivity index (χ3v) is 4.04. The number of carbonyl (C=O) groups is 1. The summed E-state index contributed by atoms with van der Waals surface area (Å²) in [7, 11) is 0. The highest BCUT2D eigenvalue weighted by Gasteiger charge is 2.27. The van der Waals surface area contributed by atoms with Gasteiger partial charge in [-0.25, -0.2) is 4.98 Å². The van der Waals surface area contributed by atoms with Gasteiger partial charge in [0.05, 0.1) is 12.1 Å². The summed E-state index contributed by atoms with van der Waals surface area (Å²) in [5.41, 5.74) is 0. The van der Waals surface area contributed by atoms with E-state index in [0.717, 1.165) is 31.7 Å². The minimum absolute atomic E-state index is 0.0481. The number of carbonyl (C=O) groups excluding carboxylic acids is 1. The van der Waals surface area contributed by atoms with Crippen LogP contribution < -0.4 is 10.2 Å². The summed E-state index contributed by atoms with van der Waals surface area (Å²) in [6.45, 7) is 7.98. The molecule has 0 radical (unpaired) electrons. The van der Waals surface area contributed by atoms with Gasteiger partial charge in [0.2, 0.25) is 5.91 Å². The lowest BCUT2D eigenvalue weighted by molar-refractivity contribution is -0.126. The Hall–Kier alpha value is -1.65. The van der Waals surface area contributed by atoms with E-state index < -0.39 is 0 Å². The number of nitrogens with one attached hydrogen (secondary N) is 1. The van der Waals surface area contributed by atoms with Crippen LogP contribution in [0.1, 0.15) is 33.6 Å². The SMILES string of the molecule is CC(C)C(C)NC(=O)C1CCCN(c2cnccn2)C1. The molecule has 0 spiro atoms. The third-order valence-electron chi connectivity index (χ3n) is 4.04. The average Bonchev–Trinajstić information content (AvgIpc) is 2.48. The van der Waals surface area contributed by atoms with E-state index in [1.54, 1.807) is 18.6 Å². The van der Waals surface area contributed by atoms with Crippen LogP contribution in [0.2, 0.25) is 0 Å². The summed E-state index contributed by atoms with van der Waals surface area (Å²) in [4.78, 5) is 22.9. The first kappa shape index (κ1) is 14.8. The number of nitrogens with zero attached hydrogens (tertiary/aromatic N) is 3. The fourth-order valence-electron chi connectivity index (χ4n) is 2.36. The molecule has 5 heteroatoms. The maximum absolute atomic E-state index is 12.3. The Kier molecular flexibility index (Phi) is 4.93. The van der Waals surface area contributed by atoms with Crippen LogP contribution in [0.25, 0.3) is 0 Å². The summed E-state index contributed by atoms with van der Waals surface area (Å²) >= 11 is 0. The first-order valence-corrected chi connectivity index (χ1v) is 7.39. The molecule has 1 amide bonds. The maximum Gasteiger partial charge on any atom is 0.225 e. The molecular weight excluding hydrogens is 252 g/mol. The van der Waals surface area contributed by atoms with Crippen molar-refractivity contribution in [2.24, 2.45) is 11.8 Å². The van der Waals surface area contributed by atoms with Crippen molar-refractivity contribution in [1.82, 2.24) is 15.3 Å². The zero-order valence-corrected chi connectivity index (χ0v) is 12.5. The fourth-order valence-corrected chi connectivity index (χ4v) is 2.36. The van der Waals surface area contributed by atoms with Crippen LogP contribution >= 0.6 is 0 Å². The highest BCUT2D eigenvalue weighted by molar-refractivity contribution is 5.79. The Balaban J connectivity index is 1.95. The number of hydrogen-bond acceptors (Lipinski definition) is 4. The van der Waals surface area contributed by atoms with E-state index in [1.165, 1.54) is 0 Å². The molecule has 1 aliphatic heterocycles. The monoisotopic (exact) mass is 276 g/mol. The van der Waals surface area contributed by atoms with Crippen molar-refractivity contribution >= 4 is 11.7 Å². The summed E-state index contributed by atoms with van der Waals surface area (Å²) in [6.07, 6.45) is 7.09. The molecule has 0 aromatic carbocycles. The quantitative estimate of drug-likeness (QED) is 0.912. The summed E-state index contributed by atoms with van der Waals surface area (Å²) in [6, 6.07) is 0.217. The Morgan fingerprint density at radius 1 is 1.40 bits per heavy atom. The number of anilines is 1. The van der Waals surface area contributed by atoms with Gasteiger partial charge >= 0.3 is 0 Å². The van der Waals surface area contributed by atoms with Crippen LogP contribution in [0.3, 0.4) is 0 Å². The normalized spacial score (nSPS) is 20.8. The van der Waals surface area contributed by atoms with Crippen LogP contribution in [-0.4, -0.2) is 35.0 Å². The van der Waals surface area contributed by atoms with E-state index in [9.17, 15) is 4.79 Å². The van der Waals surface area contributed by atoms with Gasteiger partial charge in [0, 0.05) is 31.5 Å². The number of rotatable bonds is 4. The van der Waals surface area contributed by atoms with Gasteiger partial charge in [-0.1, -0.05) is 13.8 Å².